The first-order chi connectivity index (χ1) is 8.09. The minimum absolute atomic E-state index is 0.0343. The summed E-state index contributed by atoms with van der Waals surface area (Å²) < 4.78 is 5.18. The average molecular weight is 299 g/mol. The van der Waals surface area contributed by atoms with Gasteiger partial charge in [0.2, 0.25) is 0 Å². The Hall–Kier alpha value is -1.36. The predicted molar refractivity (Wildman–Crippen MR) is 64.9 cm³/mol. The van der Waals surface area contributed by atoms with Crippen LogP contribution in [0.1, 0.15) is 22.3 Å². The highest BCUT2D eigenvalue weighted by Crippen LogP contribution is 2.32. The molecule has 0 saturated carbocycles. The van der Waals surface area contributed by atoms with E-state index in [-0.39, 0.29) is 17.2 Å². The first-order valence-electron chi connectivity index (χ1n) is 5.24. The molecule has 0 bridgehead atoms. The van der Waals surface area contributed by atoms with Crippen LogP contribution in [0.25, 0.3) is 0 Å². The maximum Gasteiger partial charge on any atom is 0.341 e. The summed E-state index contributed by atoms with van der Waals surface area (Å²) in [6.07, 6.45) is 1.42. The molecule has 0 aliphatic heterocycles. The number of fused-ring (bicyclic) bond motifs is 1. The number of carbonyl (C=O) groups is 2. The lowest BCUT2D eigenvalue weighted by molar-refractivity contribution is -0.139. The molecule has 1 N–H and O–H groups in total. The third-order valence-electron chi connectivity index (χ3n) is 2.68. The van der Waals surface area contributed by atoms with E-state index in [9.17, 15) is 9.59 Å². The molecule has 1 aromatic rings. The summed E-state index contributed by atoms with van der Waals surface area (Å²) >= 11 is 3.33. The van der Waals surface area contributed by atoms with Gasteiger partial charge in [-0.05, 0) is 18.9 Å². The second kappa shape index (κ2) is 4.87. The van der Waals surface area contributed by atoms with Gasteiger partial charge in [-0.3, -0.25) is 4.79 Å². The van der Waals surface area contributed by atoms with Gasteiger partial charge in [0, 0.05) is 11.1 Å². The van der Waals surface area contributed by atoms with Crippen molar-refractivity contribution in [2.24, 2.45) is 0 Å². The van der Waals surface area contributed by atoms with Crippen LogP contribution in [-0.2, 0) is 11.2 Å². The monoisotopic (exact) mass is 298 g/mol. The van der Waals surface area contributed by atoms with Crippen molar-refractivity contribution in [1.29, 1.82) is 0 Å². The minimum Gasteiger partial charge on any atom is -0.482 e. The van der Waals surface area contributed by atoms with Crippen LogP contribution in [0.3, 0.4) is 0 Å². The molecule has 1 aromatic carbocycles. The number of carbonyl (C=O) groups excluding carboxylic acids is 1. The van der Waals surface area contributed by atoms with E-state index in [2.05, 4.69) is 15.9 Å². The summed E-state index contributed by atoms with van der Waals surface area (Å²) in [6.45, 7) is -0.387. The predicted octanol–water partition coefficient (Wildman–Crippen LogP) is 2.04. The topological polar surface area (TPSA) is 63.6 Å². The van der Waals surface area contributed by atoms with Crippen molar-refractivity contribution in [3.05, 3.63) is 29.3 Å². The number of hydrogen-bond donors (Lipinski definition) is 1. The number of carboxylic acid groups (broad SMARTS) is 1. The van der Waals surface area contributed by atoms with Crippen LogP contribution in [0, 0.1) is 0 Å². The van der Waals surface area contributed by atoms with Crippen LogP contribution < -0.4 is 4.74 Å². The van der Waals surface area contributed by atoms with E-state index in [4.69, 9.17) is 9.84 Å². The zero-order valence-electron chi connectivity index (χ0n) is 8.98. The van der Waals surface area contributed by atoms with Crippen molar-refractivity contribution in [2.45, 2.75) is 17.7 Å². The molecule has 4 nitrogen and oxygen atoms in total. The summed E-state index contributed by atoms with van der Waals surface area (Å²) in [7, 11) is 0. The molecule has 0 aromatic heterocycles. The summed E-state index contributed by atoms with van der Waals surface area (Å²) in [5, 5.41) is 8.57. The molecule has 2 rings (SSSR count). The lowest BCUT2D eigenvalue weighted by Gasteiger charge is -2.21. The maximum atomic E-state index is 11.9. The summed E-state index contributed by atoms with van der Waals surface area (Å²) in [5.74, 6) is -0.493. The van der Waals surface area contributed by atoms with E-state index in [1.165, 1.54) is 0 Å². The fourth-order valence-corrected chi connectivity index (χ4v) is 2.38. The first kappa shape index (κ1) is 12.1. The number of ketones is 1. The Labute approximate surface area is 107 Å². The Balaban J connectivity index is 2.30. The van der Waals surface area contributed by atoms with Crippen LogP contribution in [-0.4, -0.2) is 28.3 Å². The van der Waals surface area contributed by atoms with Crippen molar-refractivity contribution in [2.75, 3.05) is 6.61 Å². The zero-order chi connectivity index (χ0) is 12.4. The van der Waals surface area contributed by atoms with Crippen molar-refractivity contribution in [3.8, 4) is 5.75 Å². The number of rotatable bonds is 3. The SMILES string of the molecule is O=C(O)COc1cccc2c1CCC(Br)C2=O. The molecule has 0 saturated heterocycles. The Kier molecular flexibility index (Phi) is 3.47. The molecule has 1 atom stereocenters. The molecule has 0 heterocycles. The molecule has 1 unspecified atom stereocenters. The number of halogens is 1. The fourth-order valence-electron chi connectivity index (χ4n) is 1.90. The maximum absolute atomic E-state index is 11.9. The van der Waals surface area contributed by atoms with E-state index in [1.807, 2.05) is 0 Å². The van der Waals surface area contributed by atoms with Crippen molar-refractivity contribution < 1.29 is 19.4 Å². The lowest BCUT2D eigenvalue weighted by atomic mass is 9.90. The highest BCUT2D eigenvalue weighted by Gasteiger charge is 2.27. The summed E-state index contributed by atoms with van der Waals surface area (Å²) in [5.41, 5.74) is 1.44. The number of hydrogen-bond acceptors (Lipinski definition) is 3. The minimum atomic E-state index is -1.02. The Bertz CT molecular complexity index is 470. The molecule has 1 aliphatic carbocycles. The third-order valence-corrected chi connectivity index (χ3v) is 3.56. The average Bonchev–Trinajstić information content (AvgIpc) is 2.31. The van der Waals surface area contributed by atoms with E-state index >= 15 is 0 Å². The quantitative estimate of drug-likeness (QED) is 0.868. The number of aliphatic carboxylic acids is 1. The Morgan fingerprint density at radius 3 is 3.00 bits per heavy atom. The van der Waals surface area contributed by atoms with Crippen molar-refractivity contribution in [1.82, 2.24) is 0 Å². The molecule has 0 spiro atoms. The first-order valence-corrected chi connectivity index (χ1v) is 6.16. The van der Waals surface area contributed by atoms with E-state index in [0.29, 0.717) is 24.2 Å². The Morgan fingerprint density at radius 1 is 1.53 bits per heavy atom. The number of Topliss-reactive ketones (excluding diaryl/α,β-unsaturated/α-hetero) is 1. The van der Waals surface area contributed by atoms with E-state index in [1.54, 1.807) is 18.2 Å². The fraction of sp³-hybridized carbons (Fsp3) is 0.333. The molecule has 0 radical (unpaired) electrons. The number of carboxylic acids is 1. The van der Waals surface area contributed by atoms with Gasteiger partial charge in [0.05, 0.1) is 4.83 Å². The summed E-state index contributed by atoms with van der Waals surface area (Å²) in [6, 6.07) is 5.15. The van der Waals surface area contributed by atoms with Crippen molar-refractivity contribution >= 4 is 27.7 Å². The standard InChI is InChI=1S/C12H11BrO4/c13-9-5-4-7-8(12(9)16)2-1-3-10(7)17-6-11(14)15/h1-3,9H,4-6H2,(H,14,15). The molecule has 0 amide bonds. The van der Waals surface area contributed by atoms with Gasteiger partial charge in [-0.2, -0.15) is 0 Å². The van der Waals surface area contributed by atoms with Gasteiger partial charge in [-0.1, -0.05) is 28.1 Å². The van der Waals surface area contributed by atoms with Gasteiger partial charge in [0.15, 0.2) is 12.4 Å². The van der Waals surface area contributed by atoms with Gasteiger partial charge >= 0.3 is 5.97 Å². The molecule has 0 fully saturated rings. The molecule has 5 heteroatoms. The molecular weight excluding hydrogens is 288 g/mol. The number of alkyl halides is 1. The van der Waals surface area contributed by atoms with Crippen LogP contribution in [0.15, 0.2) is 18.2 Å². The van der Waals surface area contributed by atoms with Gasteiger partial charge in [0.25, 0.3) is 0 Å². The second-order valence-electron chi connectivity index (χ2n) is 3.84. The highest BCUT2D eigenvalue weighted by atomic mass is 79.9. The largest absolute Gasteiger partial charge is 0.482 e. The van der Waals surface area contributed by atoms with Gasteiger partial charge in [0.1, 0.15) is 5.75 Å². The number of ether oxygens (including phenoxy) is 1. The highest BCUT2D eigenvalue weighted by molar-refractivity contribution is 9.10. The second-order valence-corrected chi connectivity index (χ2v) is 4.94. The normalized spacial score (nSPS) is 18.6. The van der Waals surface area contributed by atoms with E-state index < -0.39 is 5.97 Å². The molecular formula is C12H11BrO4. The van der Waals surface area contributed by atoms with Gasteiger partial charge in [-0.25, -0.2) is 4.79 Å². The van der Waals surface area contributed by atoms with Crippen LogP contribution in [0.2, 0.25) is 0 Å². The third kappa shape index (κ3) is 2.49. The van der Waals surface area contributed by atoms with E-state index in [0.717, 1.165) is 5.56 Å². The molecule has 90 valence electrons. The summed E-state index contributed by atoms with van der Waals surface area (Å²) in [4.78, 5) is 22.2. The molecule has 1 aliphatic rings. The van der Waals surface area contributed by atoms with Gasteiger partial charge < -0.3 is 9.84 Å². The lowest BCUT2D eigenvalue weighted by Crippen LogP contribution is -2.23. The smallest absolute Gasteiger partial charge is 0.341 e. The van der Waals surface area contributed by atoms with Crippen molar-refractivity contribution in [3.63, 3.8) is 0 Å². The van der Waals surface area contributed by atoms with Crippen LogP contribution in [0.4, 0.5) is 0 Å². The Morgan fingerprint density at radius 2 is 2.29 bits per heavy atom. The van der Waals surface area contributed by atoms with Crippen LogP contribution >= 0.6 is 15.9 Å². The molecule has 17 heavy (non-hydrogen) atoms. The van der Waals surface area contributed by atoms with Crippen LogP contribution in [0.5, 0.6) is 5.75 Å². The zero-order valence-corrected chi connectivity index (χ0v) is 10.6. The van der Waals surface area contributed by atoms with Gasteiger partial charge in [-0.15, -0.1) is 0 Å². The number of benzene rings is 1.